The van der Waals surface area contributed by atoms with Gasteiger partial charge in [-0.05, 0) is 18.2 Å². The molecule has 11 heteroatoms. The number of benzene rings is 2. The largest absolute Gasteiger partial charge is 1.00 e. The zero-order valence-corrected chi connectivity index (χ0v) is 17.2. The van der Waals surface area contributed by atoms with E-state index in [2.05, 4.69) is 10.6 Å². The number of nitrogens with zero attached hydrogens (tertiary/aromatic N) is 1. The summed E-state index contributed by atoms with van der Waals surface area (Å²) in [5.74, 6) is 0. The van der Waals surface area contributed by atoms with Crippen molar-refractivity contribution in [3.63, 3.8) is 0 Å². The van der Waals surface area contributed by atoms with Crippen LogP contribution in [0.25, 0.3) is 0 Å². The van der Waals surface area contributed by atoms with Gasteiger partial charge in [-0.25, -0.2) is 8.42 Å². The minimum atomic E-state index is -4.94. The van der Waals surface area contributed by atoms with Crippen molar-refractivity contribution in [1.82, 2.24) is 0 Å². The molecule has 0 atom stereocenters. The summed E-state index contributed by atoms with van der Waals surface area (Å²) in [4.78, 5) is 9.59. The number of nitrogens with one attached hydrogen (secondary N) is 2. The Morgan fingerprint density at radius 1 is 1.12 bits per heavy atom. The molecule has 0 saturated carbocycles. The minimum Gasteiger partial charge on any atom is -0.744 e. The molecular weight excluding hydrogens is 377 g/mol. The summed E-state index contributed by atoms with van der Waals surface area (Å²) < 4.78 is 34.4. The average molecular weight is 391 g/mol. The molecule has 0 saturated heterocycles. The SMILES string of the molecule is O=[N+]([O-])c1cc(S(=O)(=O)[O-])c(Nc2ccccc2)cc1NCCO.[K+]. The van der Waals surface area contributed by atoms with E-state index in [9.17, 15) is 23.1 Å². The van der Waals surface area contributed by atoms with E-state index < -0.39 is 25.6 Å². The Labute approximate surface area is 186 Å². The summed E-state index contributed by atoms with van der Waals surface area (Å²) in [6.07, 6.45) is 0. The van der Waals surface area contributed by atoms with E-state index in [1.807, 2.05) is 0 Å². The first-order valence-corrected chi connectivity index (χ1v) is 8.19. The van der Waals surface area contributed by atoms with Gasteiger partial charge < -0.3 is 20.3 Å². The van der Waals surface area contributed by atoms with Crippen LogP contribution in [0.5, 0.6) is 0 Å². The molecule has 0 radical (unpaired) electrons. The monoisotopic (exact) mass is 391 g/mol. The molecule has 0 aliphatic carbocycles. The van der Waals surface area contributed by atoms with Gasteiger partial charge in [-0.2, -0.15) is 0 Å². The van der Waals surface area contributed by atoms with Crippen LogP contribution in [-0.4, -0.2) is 36.2 Å². The predicted octanol–water partition coefficient (Wildman–Crippen LogP) is -1.35. The molecule has 0 unspecified atom stereocenters. The number of aliphatic hydroxyl groups is 1. The Morgan fingerprint density at radius 2 is 1.76 bits per heavy atom. The predicted molar refractivity (Wildman–Crippen MR) is 86.4 cm³/mol. The fourth-order valence-corrected chi connectivity index (χ4v) is 2.67. The van der Waals surface area contributed by atoms with Crippen LogP contribution < -0.4 is 62.0 Å². The van der Waals surface area contributed by atoms with Crippen LogP contribution in [0, 0.1) is 10.1 Å². The third-order valence-electron chi connectivity index (χ3n) is 3.04. The molecule has 0 aromatic heterocycles. The molecular formula is C14H14KN3O6S. The molecule has 25 heavy (non-hydrogen) atoms. The Morgan fingerprint density at radius 3 is 2.28 bits per heavy atom. The maximum absolute atomic E-state index is 11.5. The topological polar surface area (TPSA) is 145 Å². The normalized spacial score (nSPS) is 10.6. The second kappa shape index (κ2) is 9.59. The van der Waals surface area contributed by atoms with Crippen molar-refractivity contribution in [3.05, 3.63) is 52.6 Å². The van der Waals surface area contributed by atoms with Gasteiger partial charge in [0.1, 0.15) is 15.8 Å². The molecule has 9 nitrogen and oxygen atoms in total. The first-order chi connectivity index (χ1) is 11.3. The van der Waals surface area contributed by atoms with Gasteiger partial charge in [0.15, 0.2) is 0 Å². The number of para-hydroxylation sites is 1. The summed E-state index contributed by atoms with van der Waals surface area (Å²) in [6.45, 7) is -0.255. The van der Waals surface area contributed by atoms with E-state index in [1.165, 1.54) is 0 Å². The van der Waals surface area contributed by atoms with Gasteiger partial charge in [0, 0.05) is 18.3 Å². The molecule has 0 amide bonds. The second-order valence-electron chi connectivity index (χ2n) is 4.72. The van der Waals surface area contributed by atoms with E-state index >= 15 is 0 Å². The molecule has 0 fully saturated rings. The van der Waals surface area contributed by atoms with E-state index in [-0.39, 0.29) is 75.9 Å². The van der Waals surface area contributed by atoms with E-state index in [4.69, 9.17) is 5.11 Å². The number of nitro groups is 1. The van der Waals surface area contributed by atoms with Crippen LogP contribution in [0.2, 0.25) is 0 Å². The third-order valence-corrected chi connectivity index (χ3v) is 3.92. The smallest absolute Gasteiger partial charge is 0.744 e. The number of aliphatic hydroxyl groups excluding tert-OH is 1. The number of hydrogen-bond acceptors (Lipinski definition) is 8. The zero-order valence-electron chi connectivity index (χ0n) is 13.3. The molecule has 128 valence electrons. The van der Waals surface area contributed by atoms with Crippen molar-refractivity contribution in [2.45, 2.75) is 4.90 Å². The van der Waals surface area contributed by atoms with Crippen molar-refractivity contribution < 1.29 is 74.4 Å². The van der Waals surface area contributed by atoms with Gasteiger partial charge >= 0.3 is 51.4 Å². The van der Waals surface area contributed by atoms with Gasteiger partial charge in [0.2, 0.25) is 0 Å². The van der Waals surface area contributed by atoms with E-state index in [1.54, 1.807) is 30.3 Å². The first-order valence-electron chi connectivity index (χ1n) is 6.78. The average Bonchev–Trinajstić information content (AvgIpc) is 2.52. The summed E-state index contributed by atoms with van der Waals surface area (Å²) in [5, 5.41) is 25.3. The van der Waals surface area contributed by atoms with Crippen molar-refractivity contribution in [3.8, 4) is 0 Å². The van der Waals surface area contributed by atoms with Crippen LogP contribution in [0.1, 0.15) is 0 Å². The molecule has 2 aromatic carbocycles. The Kier molecular flexibility index (Phi) is 8.44. The quantitative estimate of drug-likeness (QED) is 0.227. The third kappa shape index (κ3) is 6.00. The second-order valence-corrected chi connectivity index (χ2v) is 6.07. The van der Waals surface area contributed by atoms with Crippen LogP contribution >= 0.6 is 0 Å². The molecule has 0 bridgehead atoms. The molecule has 0 aliphatic heterocycles. The molecule has 0 heterocycles. The van der Waals surface area contributed by atoms with Gasteiger partial charge in [-0.3, -0.25) is 10.1 Å². The van der Waals surface area contributed by atoms with Crippen LogP contribution in [-0.2, 0) is 10.1 Å². The summed E-state index contributed by atoms with van der Waals surface area (Å²) in [6, 6.07) is 10.3. The van der Waals surface area contributed by atoms with Crippen molar-refractivity contribution >= 4 is 32.9 Å². The molecule has 2 rings (SSSR count). The molecule has 3 N–H and O–H groups in total. The van der Waals surface area contributed by atoms with Gasteiger partial charge in [-0.1, -0.05) is 18.2 Å². The number of rotatable bonds is 7. The number of hydrogen-bond donors (Lipinski definition) is 3. The maximum atomic E-state index is 11.5. The first kappa shape index (κ1) is 22.0. The Hall–Kier alpha value is -1.05. The standard InChI is InChI=1S/C14H15N3O6S.K/c18-7-6-15-11-8-12(16-10-4-2-1-3-5-10)14(24(21,22)23)9-13(11)17(19)20;/h1-5,8-9,15-16,18H,6-7H2,(H,21,22,23);/q;+1/p-1. The van der Waals surface area contributed by atoms with Crippen molar-refractivity contribution in [2.75, 3.05) is 23.8 Å². The summed E-state index contributed by atoms with van der Waals surface area (Å²) >= 11 is 0. The van der Waals surface area contributed by atoms with Gasteiger partial charge in [0.05, 0.1) is 22.1 Å². The fraction of sp³-hybridized carbons (Fsp3) is 0.143. The summed E-state index contributed by atoms with van der Waals surface area (Å²) in [5.41, 5.74) is -0.178. The Bertz CT molecular complexity index is 845. The van der Waals surface area contributed by atoms with Crippen LogP contribution in [0.15, 0.2) is 47.4 Å². The van der Waals surface area contributed by atoms with Crippen molar-refractivity contribution in [1.29, 1.82) is 0 Å². The van der Waals surface area contributed by atoms with E-state index in [0.717, 1.165) is 6.07 Å². The number of nitro benzene ring substituents is 1. The molecule has 2 aromatic rings. The molecule has 0 aliphatic rings. The van der Waals surface area contributed by atoms with Gasteiger partial charge in [-0.15, -0.1) is 0 Å². The van der Waals surface area contributed by atoms with Crippen LogP contribution in [0.4, 0.5) is 22.7 Å². The minimum absolute atomic E-state index is 0. The maximum Gasteiger partial charge on any atom is 1.00 e. The van der Waals surface area contributed by atoms with Gasteiger partial charge in [0.25, 0.3) is 5.69 Å². The zero-order chi connectivity index (χ0) is 17.7. The van der Waals surface area contributed by atoms with E-state index in [0.29, 0.717) is 11.8 Å². The number of anilines is 3. The molecule has 0 spiro atoms. The van der Waals surface area contributed by atoms with Crippen molar-refractivity contribution in [2.24, 2.45) is 0 Å². The van der Waals surface area contributed by atoms with Crippen LogP contribution in [0.3, 0.4) is 0 Å². The Balaban J connectivity index is 0.00000312. The fourth-order valence-electron chi connectivity index (χ4n) is 2.03. The summed E-state index contributed by atoms with van der Waals surface area (Å²) in [7, 11) is -4.94.